The summed E-state index contributed by atoms with van der Waals surface area (Å²) in [6.07, 6.45) is 9.42. The Morgan fingerprint density at radius 2 is 1.89 bits per heavy atom. The van der Waals surface area contributed by atoms with E-state index < -0.39 is 0 Å². The number of piperidine rings is 1. The average Bonchev–Trinajstić information content (AvgIpc) is 2.40. The third-order valence-electron chi connectivity index (χ3n) is 4.87. The molecule has 1 aliphatic carbocycles. The number of carbonyl (C=O) groups is 1. The van der Waals surface area contributed by atoms with Gasteiger partial charge in [-0.15, -0.1) is 0 Å². The molecule has 0 aromatic rings. The van der Waals surface area contributed by atoms with Gasteiger partial charge < -0.3 is 10.6 Å². The molecule has 2 N–H and O–H groups in total. The number of hydrogen-bond donors (Lipinski definition) is 2. The summed E-state index contributed by atoms with van der Waals surface area (Å²) in [5.41, 5.74) is 0. The molecule has 0 radical (unpaired) electrons. The van der Waals surface area contributed by atoms with E-state index in [0.717, 1.165) is 13.0 Å². The van der Waals surface area contributed by atoms with Crippen molar-refractivity contribution in [3.63, 3.8) is 0 Å². The van der Waals surface area contributed by atoms with E-state index in [1.807, 2.05) is 0 Å². The van der Waals surface area contributed by atoms with E-state index in [1.54, 1.807) is 0 Å². The van der Waals surface area contributed by atoms with Crippen LogP contribution in [0.3, 0.4) is 0 Å². The van der Waals surface area contributed by atoms with Gasteiger partial charge in [-0.25, -0.2) is 0 Å². The smallest absolute Gasteiger partial charge is 0.221 e. The number of amides is 1. The summed E-state index contributed by atoms with van der Waals surface area (Å²) in [6.45, 7) is 5.66. The quantitative estimate of drug-likeness (QED) is 0.821. The molecule has 19 heavy (non-hydrogen) atoms. The average molecular weight is 266 g/mol. The van der Waals surface area contributed by atoms with Crippen molar-refractivity contribution in [1.82, 2.24) is 10.6 Å². The zero-order valence-electron chi connectivity index (χ0n) is 12.6. The molecule has 3 atom stereocenters. The van der Waals surface area contributed by atoms with Crippen LogP contribution in [0.2, 0.25) is 0 Å². The third-order valence-corrected chi connectivity index (χ3v) is 4.87. The Kier molecular flexibility index (Phi) is 5.68. The second kappa shape index (κ2) is 7.28. The molecule has 2 aliphatic rings. The van der Waals surface area contributed by atoms with E-state index in [-0.39, 0.29) is 5.91 Å². The summed E-state index contributed by atoms with van der Waals surface area (Å²) in [7, 11) is 0. The fourth-order valence-electron chi connectivity index (χ4n) is 3.72. The first-order valence-electron chi connectivity index (χ1n) is 8.19. The lowest BCUT2D eigenvalue weighted by molar-refractivity contribution is -0.123. The van der Waals surface area contributed by atoms with Gasteiger partial charge in [-0.3, -0.25) is 4.79 Å². The zero-order chi connectivity index (χ0) is 13.7. The predicted octanol–water partition coefficient (Wildman–Crippen LogP) is 2.85. The molecule has 3 heteroatoms. The second-order valence-electron chi connectivity index (χ2n) is 6.72. The van der Waals surface area contributed by atoms with Crippen LogP contribution in [0.15, 0.2) is 0 Å². The lowest BCUT2D eigenvalue weighted by Gasteiger charge is -2.35. The summed E-state index contributed by atoms with van der Waals surface area (Å²) >= 11 is 0. The van der Waals surface area contributed by atoms with Crippen LogP contribution in [0.1, 0.15) is 65.2 Å². The van der Waals surface area contributed by atoms with E-state index in [0.29, 0.717) is 30.3 Å². The predicted molar refractivity (Wildman–Crippen MR) is 79.0 cm³/mol. The minimum Gasteiger partial charge on any atom is -0.353 e. The number of rotatable bonds is 4. The Hall–Kier alpha value is -0.570. The van der Waals surface area contributed by atoms with Crippen LogP contribution < -0.4 is 10.6 Å². The third kappa shape index (κ3) is 4.48. The molecule has 3 nitrogen and oxygen atoms in total. The van der Waals surface area contributed by atoms with Crippen molar-refractivity contribution in [2.75, 3.05) is 6.54 Å². The van der Waals surface area contributed by atoms with Gasteiger partial charge in [0.1, 0.15) is 0 Å². The summed E-state index contributed by atoms with van der Waals surface area (Å²) < 4.78 is 0. The fourth-order valence-corrected chi connectivity index (χ4v) is 3.72. The van der Waals surface area contributed by atoms with Crippen LogP contribution in [0.25, 0.3) is 0 Å². The minimum atomic E-state index is 0.261. The molecule has 1 amide bonds. The van der Waals surface area contributed by atoms with Crippen LogP contribution in [-0.4, -0.2) is 24.5 Å². The van der Waals surface area contributed by atoms with Crippen LogP contribution in [0.4, 0.5) is 0 Å². The molecule has 1 aliphatic heterocycles. The molecule has 2 fully saturated rings. The van der Waals surface area contributed by atoms with E-state index >= 15 is 0 Å². The highest BCUT2D eigenvalue weighted by atomic mass is 16.1. The highest BCUT2D eigenvalue weighted by Gasteiger charge is 2.29. The van der Waals surface area contributed by atoms with Gasteiger partial charge in [0.15, 0.2) is 0 Å². The normalized spacial score (nSPS) is 32.3. The number of nitrogens with one attached hydrogen (secondary N) is 2. The van der Waals surface area contributed by atoms with Crippen molar-refractivity contribution < 1.29 is 4.79 Å². The van der Waals surface area contributed by atoms with Crippen LogP contribution in [-0.2, 0) is 4.79 Å². The van der Waals surface area contributed by atoms with E-state index in [1.165, 1.54) is 38.5 Å². The van der Waals surface area contributed by atoms with E-state index in [9.17, 15) is 4.79 Å². The van der Waals surface area contributed by atoms with Crippen LogP contribution in [0.5, 0.6) is 0 Å². The van der Waals surface area contributed by atoms with Gasteiger partial charge in [0, 0.05) is 18.5 Å². The number of carbonyl (C=O) groups excluding carboxylic acids is 1. The van der Waals surface area contributed by atoms with Gasteiger partial charge in [-0.1, -0.05) is 33.1 Å². The standard InChI is InChI=1S/C16H30N2O/c1-12(2)14-8-3-4-9-15(14)18-16(19)11-13-7-5-6-10-17-13/h12-15,17H,3-11H2,1-2H3,(H,18,19). The molecule has 0 aromatic heterocycles. The van der Waals surface area contributed by atoms with E-state index in [4.69, 9.17) is 0 Å². The first-order valence-corrected chi connectivity index (χ1v) is 8.19. The topological polar surface area (TPSA) is 41.1 Å². The maximum atomic E-state index is 12.2. The van der Waals surface area contributed by atoms with Crippen molar-refractivity contribution in [2.24, 2.45) is 11.8 Å². The molecule has 3 unspecified atom stereocenters. The molecule has 110 valence electrons. The van der Waals surface area contributed by atoms with E-state index in [2.05, 4.69) is 24.5 Å². The van der Waals surface area contributed by atoms with Gasteiger partial charge in [-0.2, -0.15) is 0 Å². The fraction of sp³-hybridized carbons (Fsp3) is 0.938. The van der Waals surface area contributed by atoms with Gasteiger partial charge in [-0.05, 0) is 44.1 Å². The molecule has 1 heterocycles. The molecule has 0 aromatic carbocycles. The van der Waals surface area contributed by atoms with Crippen LogP contribution in [0, 0.1) is 11.8 Å². The minimum absolute atomic E-state index is 0.261. The Bertz CT molecular complexity index is 284. The Morgan fingerprint density at radius 1 is 1.16 bits per heavy atom. The Labute approximate surface area is 117 Å². The lowest BCUT2D eigenvalue weighted by atomic mass is 9.78. The zero-order valence-corrected chi connectivity index (χ0v) is 12.6. The SMILES string of the molecule is CC(C)C1CCCCC1NC(=O)CC1CCCCN1. The molecular weight excluding hydrogens is 236 g/mol. The maximum absolute atomic E-state index is 12.2. The summed E-state index contributed by atoms with van der Waals surface area (Å²) in [4.78, 5) is 12.2. The van der Waals surface area contributed by atoms with Crippen molar-refractivity contribution in [1.29, 1.82) is 0 Å². The summed E-state index contributed by atoms with van der Waals surface area (Å²) in [5.74, 6) is 1.62. The lowest BCUT2D eigenvalue weighted by Crippen LogP contribution is -2.46. The van der Waals surface area contributed by atoms with Crippen LogP contribution >= 0.6 is 0 Å². The number of hydrogen-bond acceptors (Lipinski definition) is 2. The summed E-state index contributed by atoms with van der Waals surface area (Å²) in [5, 5.41) is 6.78. The molecule has 2 rings (SSSR count). The Morgan fingerprint density at radius 3 is 2.58 bits per heavy atom. The van der Waals surface area contributed by atoms with Gasteiger partial charge in [0.2, 0.25) is 5.91 Å². The monoisotopic (exact) mass is 266 g/mol. The van der Waals surface area contributed by atoms with Crippen molar-refractivity contribution in [3.8, 4) is 0 Å². The maximum Gasteiger partial charge on any atom is 0.221 e. The molecule has 0 spiro atoms. The van der Waals surface area contributed by atoms with Crippen molar-refractivity contribution in [3.05, 3.63) is 0 Å². The van der Waals surface area contributed by atoms with Gasteiger partial charge in [0.25, 0.3) is 0 Å². The second-order valence-corrected chi connectivity index (χ2v) is 6.72. The molecular formula is C16H30N2O. The molecule has 1 saturated carbocycles. The first-order chi connectivity index (χ1) is 9.16. The Balaban J connectivity index is 1.79. The molecule has 1 saturated heterocycles. The highest BCUT2D eigenvalue weighted by molar-refractivity contribution is 5.77. The first kappa shape index (κ1) is 14.8. The van der Waals surface area contributed by atoms with Gasteiger partial charge >= 0.3 is 0 Å². The summed E-state index contributed by atoms with van der Waals surface area (Å²) in [6, 6.07) is 0.833. The largest absolute Gasteiger partial charge is 0.353 e. The van der Waals surface area contributed by atoms with Crippen molar-refractivity contribution in [2.45, 2.75) is 77.3 Å². The van der Waals surface area contributed by atoms with Crippen molar-refractivity contribution >= 4 is 5.91 Å². The molecule has 0 bridgehead atoms. The highest BCUT2D eigenvalue weighted by Crippen LogP contribution is 2.30. The van der Waals surface area contributed by atoms with Gasteiger partial charge in [0.05, 0.1) is 0 Å².